The average molecular weight is 260 g/mol. The summed E-state index contributed by atoms with van der Waals surface area (Å²) in [5.74, 6) is 6.63. The van der Waals surface area contributed by atoms with Crippen LogP contribution in [0.5, 0.6) is 0 Å². The van der Waals surface area contributed by atoms with Crippen LogP contribution in [0.4, 0.5) is 5.82 Å². The van der Waals surface area contributed by atoms with E-state index in [0.29, 0.717) is 30.3 Å². The van der Waals surface area contributed by atoms with Crippen LogP contribution in [0.3, 0.4) is 0 Å². The summed E-state index contributed by atoms with van der Waals surface area (Å²) in [7, 11) is 0. The largest absolute Gasteiger partial charge is 0.395 e. The van der Waals surface area contributed by atoms with E-state index in [1.165, 1.54) is 0 Å². The molecule has 0 aromatic carbocycles. The molecule has 4 heteroatoms. The normalized spacial score (nSPS) is 9.89. The van der Waals surface area contributed by atoms with Crippen LogP contribution in [0.25, 0.3) is 0 Å². The van der Waals surface area contributed by atoms with Crippen LogP contribution in [0, 0.1) is 17.8 Å². The standard InChI is InChI=1S/C15H20N2O2/c1-12(2)9-10-15(19)17-14-8-5-7-13(16-14)6-3-4-11-18/h5,7-8,12,18H,4,9-11H2,1-2H3,(H,16,17,19). The number of carbonyl (C=O) groups excluding carboxylic acids is 1. The Morgan fingerprint density at radius 1 is 1.47 bits per heavy atom. The molecule has 1 rings (SSSR count). The Balaban J connectivity index is 2.57. The zero-order valence-electron chi connectivity index (χ0n) is 11.4. The van der Waals surface area contributed by atoms with Crippen molar-refractivity contribution in [2.75, 3.05) is 11.9 Å². The van der Waals surface area contributed by atoms with Crippen molar-refractivity contribution in [1.29, 1.82) is 0 Å². The Hall–Kier alpha value is -1.86. The summed E-state index contributed by atoms with van der Waals surface area (Å²) in [4.78, 5) is 15.9. The predicted octanol–water partition coefficient (Wildman–Crippen LogP) is 2.19. The van der Waals surface area contributed by atoms with E-state index in [-0.39, 0.29) is 12.5 Å². The Kier molecular flexibility index (Phi) is 6.62. The third kappa shape index (κ3) is 6.58. The summed E-state index contributed by atoms with van der Waals surface area (Å²) in [5, 5.41) is 11.4. The molecule has 0 fully saturated rings. The second-order valence-electron chi connectivity index (χ2n) is 4.66. The molecule has 0 unspecified atom stereocenters. The summed E-state index contributed by atoms with van der Waals surface area (Å²) < 4.78 is 0. The summed E-state index contributed by atoms with van der Waals surface area (Å²) in [5.41, 5.74) is 0.593. The maximum atomic E-state index is 11.7. The highest BCUT2D eigenvalue weighted by atomic mass is 16.2. The van der Waals surface area contributed by atoms with Crippen molar-refractivity contribution in [2.24, 2.45) is 5.92 Å². The van der Waals surface area contributed by atoms with Crippen LogP contribution in [0.2, 0.25) is 0 Å². The second kappa shape index (κ2) is 8.28. The van der Waals surface area contributed by atoms with E-state index in [4.69, 9.17) is 5.11 Å². The van der Waals surface area contributed by atoms with E-state index in [9.17, 15) is 4.79 Å². The predicted molar refractivity (Wildman–Crippen MR) is 75.5 cm³/mol. The number of hydrogen-bond acceptors (Lipinski definition) is 3. The van der Waals surface area contributed by atoms with Crippen LogP contribution < -0.4 is 5.32 Å². The van der Waals surface area contributed by atoms with Crippen LogP contribution in [0.1, 0.15) is 38.8 Å². The van der Waals surface area contributed by atoms with Crippen molar-refractivity contribution < 1.29 is 9.90 Å². The molecule has 0 aliphatic heterocycles. The van der Waals surface area contributed by atoms with E-state index >= 15 is 0 Å². The first-order valence-corrected chi connectivity index (χ1v) is 6.48. The minimum absolute atomic E-state index is 0.0262. The van der Waals surface area contributed by atoms with Gasteiger partial charge < -0.3 is 10.4 Å². The molecule has 4 nitrogen and oxygen atoms in total. The maximum absolute atomic E-state index is 11.7. The number of aliphatic hydroxyl groups excluding tert-OH is 1. The van der Waals surface area contributed by atoms with Gasteiger partial charge in [0.2, 0.25) is 5.91 Å². The molecular weight excluding hydrogens is 240 g/mol. The molecule has 0 aliphatic carbocycles. The highest BCUT2D eigenvalue weighted by Crippen LogP contribution is 2.08. The number of nitrogens with zero attached hydrogens (tertiary/aromatic N) is 1. The third-order valence-electron chi connectivity index (χ3n) is 2.42. The number of nitrogens with one attached hydrogen (secondary N) is 1. The summed E-state index contributed by atoms with van der Waals surface area (Å²) in [6, 6.07) is 5.31. The lowest BCUT2D eigenvalue weighted by Gasteiger charge is -2.06. The fourth-order valence-electron chi connectivity index (χ4n) is 1.41. The molecule has 0 atom stereocenters. The zero-order valence-corrected chi connectivity index (χ0v) is 11.4. The third-order valence-corrected chi connectivity index (χ3v) is 2.42. The van der Waals surface area contributed by atoms with Gasteiger partial charge in [-0.1, -0.05) is 25.8 Å². The first-order chi connectivity index (χ1) is 9.11. The first kappa shape index (κ1) is 15.2. The summed E-state index contributed by atoms with van der Waals surface area (Å²) >= 11 is 0. The van der Waals surface area contributed by atoms with Gasteiger partial charge in [-0.2, -0.15) is 0 Å². The SMILES string of the molecule is CC(C)CCC(=O)Nc1cccc(C#CCCO)n1. The Bertz CT molecular complexity index is 473. The molecule has 0 spiro atoms. The number of amides is 1. The van der Waals surface area contributed by atoms with Gasteiger partial charge in [-0.05, 0) is 30.4 Å². The fraction of sp³-hybridized carbons (Fsp3) is 0.467. The number of aromatic nitrogens is 1. The molecule has 1 aromatic rings. The molecule has 0 radical (unpaired) electrons. The van der Waals surface area contributed by atoms with Gasteiger partial charge in [-0.15, -0.1) is 0 Å². The number of carbonyl (C=O) groups is 1. The zero-order chi connectivity index (χ0) is 14.1. The highest BCUT2D eigenvalue weighted by Gasteiger charge is 2.04. The first-order valence-electron chi connectivity index (χ1n) is 6.48. The van der Waals surface area contributed by atoms with Gasteiger partial charge in [0, 0.05) is 12.8 Å². The average Bonchev–Trinajstić information content (AvgIpc) is 2.37. The number of pyridine rings is 1. The van der Waals surface area contributed by atoms with Gasteiger partial charge in [-0.25, -0.2) is 4.98 Å². The Morgan fingerprint density at radius 3 is 2.95 bits per heavy atom. The van der Waals surface area contributed by atoms with Crippen molar-refractivity contribution in [3.8, 4) is 11.8 Å². The van der Waals surface area contributed by atoms with E-state index in [2.05, 4.69) is 36.0 Å². The van der Waals surface area contributed by atoms with Crippen molar-refractivity contribution in [2.45, 2.75) is 33.1 Å². The molecule has 1 amide bonds. The fourth-order valence-corrected chi connectivity index (χ4v) is 1.41. The summed E-state index contributed by atoms with van der Waals surface area (Å²) in [6.07, 6.45) is 1.79. The van der Waals surface area contributed by atoms with E-state index in [1.54, 1.807) is 18.2 Å². The molecule has 1 aromatic heterocycles. The van der Waals surface area contributed by atoms with Crippen LogP contribution >= 0.6 is 0 Å². The molecule has 0 saturated carbocycles. The molecule has 0 saturated heterocycles. The molecule has 0 aliphatic rings. The van der Waals surface area contributed by atoms with E-state index in [1.807, 2.05) is 0 Å². The monoisotopic (exact) mass is 260 g/mol. The van der Waals surface area contributed by atoms with Gasteiger partial charge >= 0.3 is 0 Å². The van der Waals surface area contributed by atoms with Gasteiger partial charge in [-0.3, -0.25) is 4.79 Å². The lowest BCUT2D eigenvalue weighted by atomic mass is 10.1. The van der Waals surface area contributed by atoms with Gasteiger partial charge in [0.05, 0.1) is 6.61 Å². The van der Waals surface area contributed by atoms with Crippen molar-refractivity contribution in [3.63, 3.8) is 0 Å². The number of rotatable bonds is 5. The minimum atomic E-state index is -0.0262. The molecule has 19 heavy (non-hydrogen) atoms. The van der Waals surface area contributed by atoms with Crippen molar-refractivity contribution >= 4 is 11.7 Å². The second-order valence-corrected chi connectivity index (χ2v) is 4.66. The molecule has 102 valence electrons. The molecule has 2 N–H and O–H groups in total. The van der Waals surface area contributed by atoms with Crippen LogP contribution in [0.15, 0.2) is 18.2 Å². The number of hydrogen-bond donors (Lipinski definition) is 2. The topological polar surface area (TPSA) is 62.2 Å². The molecule has 1 heterocycles. The smallest absolute Gasteiger partial charge is 0.225 e. The quantitative estimate of drug-likeness (QED) is 0.798. The van der Waals surface area contributed by atoms with Crippen LogP contribution in [-0.2, 0) is 4.79 Å². The van der Waals surface area contributed by atoms with E-state index in [0.717, 1.165) is 6.42 Å². The highest BCUT2D eigenvalue weighted by molar-refractivity contribution is 5.89. The lowest BCUT2D eigenvalue weighted by molar-refractivity contribution is -0.116. The minimum Gasteiger partial charge on any atom is -0.395 e. The maximum Gasteiger partial charge on any atom is 0.225 e. The lowest BCUT2D eigenvalue weighted by Crippen LogP contribution is -2.13. The van der Waals surface area contributed by atoms with Crippen LogP contribution in [-0.4, -0.2) is 22.6 Å². The molecule has 0 bridgehead atoms. The van der Waals surface area contributed by atoms with Crippen molar-refractivity contribution in [3.05, 3.63) is 23.9 Å². The molecular formula is C15H20N2O2. The van der Waals surface area contributed by atoms with Gasteiger partial charge in [0.1, 0.15) is 11.5 Å². The van der Waals surface area contributed by atoms with Crippen molar-refractivity contribution in [1.82, 2.24) is 4.98 Å². The Morgan fingerprint density at radius 2 is 2.26 bits per heavy atom. The summed E-state index contributed by atoms with van der Waals surface area (Å²) in [6.45, 7) is 4.21. The van der Waals surface area contributed by atoms with E-state index < -0.39 is 0 Å². The number of aliphatic hydroxyl groups is 1. The van der Waals surface area contributed by atoms with Gasteiger partial charge in [0.25, 0.3) is 0 Å². The Labute approximate surface area is 114 Å². The van der Waals surface area contributed by atoms with Gasteiger partial charge in [0.15, 0.2) is 0 Å². The number of anilines is 1.